The molecule has 5 heteroatoms. The van der Waals surface area contributed by atoms with Gasteiger partial charge in [-0.25, -0.2) is 4.39 Å². The Labute approximate surface area is 173 Å². The van der Waals surface area contributed by atoms with Crippen molar-refractivity contribution in [2.75, 3.05) is 6.61 Å². The summed E-state index contributed by atoms with van der Waals surface area (Å²) in [7, 11) is 0. The molecule has 0 aromatic heterocycles. The fourth-order valence-corrected chi connectivity index (χ4v) is 3.44. The number of fused-ring (bicyclic) bond motifs is 1. The van der Waals surface area contributed by atoms with E-state index in [0.29, 0.717) is 11.3 Å². The molecule has 30 heavy (non-hydrogen) atoms. The van der Waals surface area contributed by atoms with Gasteiger partial charge in [-0.05, 0) is 46.7 Å². The van der Waals surface area contributed by atoms with Gasteiger partial charge in [-0.15, -0.1) is 0 Å². The Kier molecular flexibility index (Phi) is 5.61. The third-order valence-electron chi connectivity index (χ3n) is 4.86. The minimum Gasteiger partial charge on any atom is -0.508 e. The maximum absolute atomic E-state index is 13.0. The molecule has 0 heterocycles. The Bertz CT molecular complexity index is 1160. The molecule has 1 amide bonds. The van der Waals surface area contributed by atoms with E-state index in [-0.39, 0.29) is 24.1 Å². The van der Waals surface area contributed by atoms with E-state index in [1.807, 2.05) is 60.7 Å². The highest BCUT2D eigenvalue weighted by Gasteiger charge is 2.22. The van der Waals surface area contributed by atoms with Crippen LogP contribution in [0.15, 0.2) is 91.0 Å². The van der Waals surface area contributed by atoms with E-state index in [4.69, 9.17) is 4.74 Å². The van der Waals surface area contributed by atoms with Crippen LogP contribution in [0.4, 0.5) is 4.39 Å². The van der Waals surface area contributed by atoms with E-state index in [9.17, 15) is 14.3 Å². The summed E-state index contributed by atoms with van der Waals surface area (Å²) in [4.78, 5) is 12.7. The monoisotopic (exact) mass is 401 g/mol. The average molecular weight is 401 g/mol. The number of nitrogens with one attached hydrogen (secondary N) is 1. The first-order valence-corrected chi connectivity index (χ1v) is 9.55. The van der Waals surface area contributed by atoms with Crippen molar-refractivity contribution in [1.29, 1.82) is 0 Å². The Morgan fingerprint density at radius 1 is 0.900 bits per heavy atom. The molecule has 0 fully saturated rings. The fraction of sp³-hybridized carbons (Fsp3) is 0.0800. The summed E-state index contributed by atoms with van der Waals surface area (Å²) in [6.07, 6.45) is 0. The number of halogens is 1. The van der Waals surface area contributed by atoms with Crippen molar-refractivity contribution < 1.29 is 19.0 Å². The molecule has 4 aromatic carbocycles. The number of rotatable bonds is 6. The minimum atomic E-state index is -0.568. The van der Waals surface area contributed by atoms with Gasteiger partial charge in [-0.2, -0.15) is 0 Å². The molecular weight excluding hydrogens is 381 g/mol. The molecule has 1 unspecified atom stereocenters. The first kappa shape index (κ1) is 19.5. The molecule has 0 radical (unpaired) electrons. The average Bonchev–Trinajstić information content (AvgIpc) is 2.78. The maximum atomic E-state index is 13.0. The smallest absolute Gasteiger partial charge is 0.258 e. The van der Waals surface area contributed by atoms with Crippen LogP contribution < -0.4 is 10.1 Å². The van der Waals surface area contributed by atoms with Crippen molar-refractivity contribution >= 4 is 16.7 Å². The summed E-state index contributed by atoms with van der Waals surface area (Å²) < 4.78 is 18.5. The third-order valence-corrected chi connectivity index (χ3v) is 4.86. The van der Waals surface area contributed by atoms with Crippen LogP contribution in [-0.2, 0) is 4.79 Å². The van der Waals surface area contributed by atoms with Gasteiger partial charge in [-0.1, -0.05) is 60.7 Å². The molecule has 0 spiro atoms. The predicted octanol–water partition coefficient (Wildman–Crippen LogP) is 4.97. The molecule has 4 aromatic rings. The van der Waals surface area contributed by atoms with Crippen LogP contribution in [0.2, 0.25) is 0 Å². The molecule has 0 aliphatic rings. The first-order chi connectivity index (χ1) is 14.6. The zero-order valence-electron chi connectivity index (χ0n) is 16.1. The highest BCUT2D eigenvalue weighted by atomic mass is 19.1. The van der Waals surface area contributed by atoms with Crippen LogP contribution in [0.3, 0.4) is 0 Å². The van der Waals surface area contributed by atoms with Gasteiger partial charge in [0.15, 0.2) is 6.61 Å². The molecule has 4 rings (SSSR count). The number of benzene rings is 4. The topological polar surface area (TPSA) is 58.6 Å². The summed E-state index contributed by atoms with van der Waals surface area (Å²) in [6.45, 7) is -0.236. The Balaban J connectivity index is 1.64. The van der Waals surface area contributed by atoms with Gasteiger partial charge in [0, 0.05) is 5.56 Å². The number of hydrogen-bond donors (Lipinski definition) is 2. The molecule has 0 aliphatic heterocycles. The van der Waals surface area contributed by atoms with Crippen LogP contribution in [0.5, 0.6) is 11.5 Å². The molecule has 150 valence electrons. The van der Waals surface area contributed by atoms with Gasteiger partial charge >= 0.3 is 0 Å². The lowest BCUT2D eigenvalue weighted by Gasteiger charge is -2.22. The van der Waals surface area contributed by atoms with Crippen LogP contribution >= 0.6 is 0 Å². The van der Waals surface area contributed by atoms with E-state index in [1.165, 1.54) is 24.3 Å². The molecule has 2 N–H and O–H groups in total. The number of ether oxygens (including phenoxy) is 1. The van der Waals surface area contributed by atoms with Crippen molar-refractivity contribution in [3.63, 3.8) is 0 Å². The van der Waals surface area contributed by atoms with Crippen LogP contribution in [-0.4, -0.2) is 17.6 Å². The lowest BCUT2D eigenvalue weighted by atomic mass is 9.92. The Morgan fingerprint density at radius 2 is 1.60 bits per heavy atom. The van der Waals surface area contributed by atoms with E-state index in [2.05, 4.69) is 5.32 Å². The normalized spacial score (nSPS) is 11.8. The summed E-state index contributed by atoms with van der Waals surface area (Å²) in [6, 6.07) is 25.5. The highest BCUT2D eigenvalue weighted by molar-refractivity contribution is 5.89. The van der Waals surface area contributed by atoms with Crippen LogP contribution in [0.25, 0.3) is 10.8 Å². The molecular formula is C25H20FNO3. The third kappa shape index (κ3) is 4.25. The Hall–Kier alpha value is -3.86. The number of phenolic OH excluding ortho intramolecular Hbond substituents is 1. The number of hydrogen-bond acceptors (Lipinski definition) is 3. The van der Waals surface area contributed by atoms with Gasteiger partial charge in [0.25, 0.3) is 5.91 Å². The summed E-state index contributed by atoms with van der Waals surface area (Å²) >= 11 is 0. The van der Waals surface area contributed by atoms with Gasteiger partial charge in [0.2, 0.25) is 0 Å². The second-order valence-electron chi connectivity index (χ2n) is 6.87. The van der Waals surface area contributed by atoms with E-state index in [0.717, 1.165) is 16.3 Å². The maximum Gasteiger partial charge on any atom is 0.258 e. The fourth-order valence-electron chi connectivity index (χ4n) is 3.44. The minimum absolute atomic E-state index is 0.0994. The highest BCUT2D eigenvalue weighted by Crippen LogP contribution is 2.35. The SMILES string of the molecule is O=C(COc1ccc(F)cc1)NC(c1ccccc1)c1c(O)ccc2ccccc12. The number of aromatic hydroxyl groups is 1. The Morgan fingerprint density at radius 3 is 2.37 bits per heavy atom. The predicted molar refractivity (Wildman–Crippen MR) is 114 cm³/mol. The van der Waals surface area contributed by atoms with E-state index < -0.39 is 6.04 Å². The molecule has 0 bridgehead atoms. The zero-order valence-corrected chi connectivity index (χ0v) is 16.1. The van der Waals surface area contributed by atoms with Crippen molar-refractivity contribution in [2.45, 2.75) is 6.04 Å². The van der Waals surface area contributed by atoms with Crippen molar-refractivity contribution in [1.82, 2.24) is 5.32 Å². The van der Waals surface area contributed by atoms with E-state index >= 15 is 0 Å². The summed E-state index contributed by atoms with van der Waals surface area (Å²) in [5.41, 5.74) is 1.45. The number of carbonyl (C=O) groups is 1. The summed E-state index contributed by atoms with van der Waals surface area (Å²) in [5.74, 6) is -0.235. The number of carbonyl (C=O) groups excluding carboxylic acids is 1. The van der Waals surface area contributed by atoms with E-state index in [1.54, 1.807) is 6.07 Å². The second-order valence-corrected chi connectivity index (χ2v) is 6.87. The molecule has 0 aliphatic carbocycles. The lowest BCUT2D eigenvalue weighted by Crippen LogP contribution is -2.33. The van der Waals surface area contributed by atoms with Crippen LogP contribution in [0, 0.1) is 5.82 Å². The van der Waals surface area contributed by atoms with Gasteiger partial charge < -0.3 is 15.2 Å². The van der Waals surface area contributed by atoms with Gasteiger partial charge in [0.1, 0.15) is 17.3 Å². The second kappa shape index (κ2) is 8.66. The van der Waals surface area contributed by atoms with Crippen molar-refractivity contribution in [3.05, 3.63) is 108 Å². The van der Waals surface area contributed by atoms with Gasteiger partial charge in [-0.3, -0.25) is 4.79 Å². The summed E-state index contributed by atoms with van der Waals surface area (Å²) in [5, 5.41) is 15.4. The lowest BCUT2D eigenvalue weighted by molar-refractivity contribution is -0.123. The largest absolute Gasteiger partial charge is 0.508 e. The van der Waals surface area contributed by atoms with Crippen molar-refractivity contribution in [3.8, 4) is 11.5 Å². The standard InChI is InChI=1S/C25H20FNO3/c26-19-11-13-20(14-12-19)30-16-23(29)27-25(18-7-2-1-3-8-18)24-21-9-5-4-6-17(21)10-15-22(24)28/h1-15,25,28H,16H2,(H,27,29). The first-order valence-electron chi connectivity index (χ1n) is 9.55. The zero-order chi connectivity index (χ0) is 20.9. The van der Waals surface area contributed by atoms with Crippen molar-refractivity contribution in [2.24, 2.45) is 0 Å². The molecule has 0 saturated heterocycles. The van der Waals surface area contributed by atoms with Crippen LogP contribution in [0.1, 0.15) is 17.2 Å². The molecule has 0 saturated carbocycles. The molecule has 1 atom stereocenters. The molecule has 4 nitrogen and oxygen atoms in total. The number of amides is 1. The van der Waals surface area contributed by atoms with Gasteiger partial charge in [0.05, 0.1) is 6.04 Å². The quantitative estimate of drug-likeness (QED) is 0.480. The number of phenols is 1.